The van der Waals surface area contributed by atoms with Gasteiger partial charge in [0.05, 0.1) is 25.2 Å². The maximum atomic E-state index is 13.3. The van der Waals surface area contributed by atoms with Gasteiger partial charge in [-0.05, 0) is 69.9 Å². The van der Waals surface area contributed by atoms with Crippen LogP contribution in [0.1, 0.15) is 179 Å². The Kier molecular flexibility index (Phi) is 23.9. The summed E-state index contributed by atoms with van der Waals surface area (Å²) in [6, 6.07) is 12.7. The van der Waals surface area contributed by atoms with Gasteiger partial charge < -0.3 is 40.0 Å². The molecule has 0 saturated carbocycles. The first-order valence-corrected chi connectivity index (χ1v) is 22.6. The van der Waals surface area contributed by atoms with Crippen LogP contribution >= 0.6 is 17.2 Å². The molecule has 0 aliphatic carbocycles. The maximum Gasteiger partial charge on any atom is 0.334 e. The average molecular weight is 799 g/mol. The summed E-state index contributed by atoms with van der Waals surface area (Å²) in [5.41, 5.74) is 1.62. The van der Waals surface area contributed by atoms with Crippen LogP contribution in [0.2, 0.25) is 0 Å². The molecule has 9 nitrogen and oxygen atoms in total. The van der Waals surface area contributed by atoms with E-state index >= 15 is 0 Å². The average Bonchev–Trinajstić information content (AvgIpc) is 3.10. The maximum absolute atomic E-state index is 13.3. The lowest BCUT2D eigenvalue weighted by Gasteiger charge is -2.48. The van der Waals surface area contributed by atoms with Gasteiger partial charge in [0, 0.05) is 0 Å². The van der Waals surface area contributed by atoms with Crippen LogP contribution < -0.4 is 0 Å². The molecule has 0 bridgehead atoms. The van der Waals surface area contributed by atoms with E-state index in [4.69, 9.17) is 19.6 Å². The fourth-order valence-corrected chi connectivity index (χ4v) is 7.74. The van der Waals surface area contributed by atoms with Gasteiger partial charge in [-0.1, -0.05) is 169 Å². The summed E-state index contributed by atoms with van der Waals surface area (Å²) in [6.07, 6.45) is 19.5. The molecule has 0 heterocycles. The zero-order valence-electron chi connectivity index (χ0n) is 34.8. The summed E-state index contributed by atoms with van der Waals surface area (Å²) in [7, 11) is -5.22. The molecule has 0 fully saturated rings. The molecule has 2 aromatic rings. The fourth-order valence-electron chi connectivity index (χ4n) is 7.21. The molecule has 2 rings (SSSR count). The minimum atomic E-state index is -2.61. The van der Waals surface area contributed by atoms with Crippen molar-refractivity contribution in [1.82, 2.24) is 0 Å². The van der Waals surface area contributed by atoms with Gasteiger partial charge in [0.25, 0.3) is 0 Å². The number of aliphatic hydroxyl groups excluding tert-OH is 3. The van der Waals surface area contributed by atoms with Crippen LogP contribution in [0.3, 0.4) is 0 Å². The summed E-state index contributed by atoms with van der Waals surface area (Å²) < 4.78 is 3.60. The zero-order chi connectivity index (χ0) is 41.0. The Bertz CT molecular complexity index is 1210. The zero-order valence-corrected chi connectivity index (χ0v) is 36.6. The van der Waals surface area contributed by atoms with Crippen LogP contribution in [0.4, 0.5) is 0 Å². The smallest absolute Gasteiger partial charge is 0.334 e. The highest BCUT2D eigenvalue weighted by Gasteiger charge is 2.55. The second-order valence-electron chi connectivity index (χ2n) is 17.1. The third-order valence-electron chi connectivity index (χ3n) is 10.5. The van der Waals surface area contributed by atoms with Gasteiger partial charge in [0.15, 0.2) is 0 Å². The van der Waals surface area contributed by atoms with Gasteiger partial charge in [0.1, 0.15) is 5.60 Å². The van der Waals surface area contributed by atoms with E-state index in [1.54, 1.807) is 0 Å². The molecule has 0 unspecified atom stereocenters. The number of aliphatic hydroxyl groups is 4. The number of unbranched alkanes of at least 4 members (excludes halogenated alkanes) is 12. The van der Waals surface area contributed by atoms with Crippen molar-refractivity contribution in [2.24, 2.45) is 5.41 Å². The summed E-state index contributed by atoms with van der Waals surface area (Å²) in [5, 5.41) is 46.0. The van der Waals surface area contributed by atoms with Gasteiger partial charge in [-0.25, -0.2) is 4.31 Å². The molecule has 312 valence electrons. The predicted octanol–water partition coefficient (Wildman–Crippen LogP) is 9.49. The van der Waals surface area contributed by atoms with Crippen LogP contribution in [0.5, 0.6) is 0 Å². The van der Waals surface area contributed by atoms with Gasteiger partial charge in [-0.2, -0.15) is 0 Å². The molecule has 0 saturated heterocycles. The largest absolute Gasteiger partial charge is 0.395 e. The normalized spacial score (nSPS) is 12.8. The molecule has 0 aliphatic heterocycles. The van der Waals surface area contributed by atoms with Crippen LogP contribution in [0, 0.1) is 5.41 Å². The molecule has 0 spiro atoms. The van der Waals surface area contributed by atoms with E-state index in [2.05, 4.69) is 84.0 Å². The van der Waals surface area contributed by atoms with Crippen molar-refractivity contribution >= 4 is 17.2 Å². The number of hydrogen-bond acceptors (Lipinski definition) is 9. The standard InChI is InChI=1S/C43H72O4.H4O5P2/c1-9-11-13-15-17-19-21-23-34-25-27-36(38(29-34)40(3,4)5)43(47,42(31-44,32-45)33-46)37-28-26-35(30-39(37)41(6,7)8)24-22-20-18-16-14-12-10-2;1-6(2)5-7(3)4/h25-30,44-47H,9-24,31-33H2,1-8H3;1-4H. The first-order chi connectivity index (χ1) is 25.4. The second-order valence-corrected chi connectivity index (χ2v) is 18.7. The van der Waals surface area contributed by atoms with E-state index in [0.29, 0.717) is 11.1 Å². The van der Waals surface area contributed by atoms with Gasteiger partial charge in [0.2, 0.25) is 0 Å². The molecule has 0 atom stereocenters. The molecular formula is C43H76O9P2. The van der Waals surface area contributed by atoms with Crippen molar-refractivity contribution in [3.63, 3.8) is 0 Å². The molecule has 0 aromatic heterocycles. The lowest BCUT2D eigenvalue weighted by molar-refractivity contribution is -0.137. The minimum absolute atomic E-state index is 0.329. The Hall–Kier alpha value is -1.06. The molecule has 8 N–H and O–H groups in total. The van der Waals surface area contributed by atoms with Crippen LogP contribution in [-0.2, 0) is 33.6 Å². The third kappa shape index (κ3) is 16.1. The van der Waals surface area contributed by atoms with Crippen molar-refractivity contribution in [3.8, 4) is 0 Å². The molecule has 54 heavy (non-hydrogen) atoms. The third-order valence-corrected chi connectivity index (χ3v) is 11.7. The van der Waals surface area contributed by atoms with Crippen molar-refractivity contribution < 1.29 is 44.3 Å². The van der Waals surface area contributed by atoms with E-state index < -0.39 is 48.0 Å². The summed E-state index contributed by atoms with van der Waals surface area (Å²) >= 11 is 0. The van der Waals surface area contributed by atoms with Gasteiger partial charge in [-0.15, -0.1) is 0 Å². The first kappa shape index (κ1) is 51.0. The number of hydrogen-bond donors (Lipinski definition) is 8. The Balaban J connectivity index is 0.00000189. The topological polar surface area (TPSA) is 171 Å². The lowest BCUT2D eigenvalue weighted by atomic mass is 9.60. The van der Waals surface area contributed by atoms with E-state index in [1.807, 2.05) is 12.1 Å². The fraction of sp³-hybridized carbons (Fsp3) is 0.721. The first-order valence-electron chi connectivity index (χ1n) is 20.2. The van der Waals surface area contributed by atoms with Crippen LogP contribution in [0.15, 0.2) is 36.4 Å². The Morgan fingerprint density at radius 3 is 1.06 bits per heavy atom. The Morgan fingerprint density at radius 2 is 0.796 bits per heavy atom. The van der Waals surface area contributed by atoms with E-state index in [1.165, 1.54) is 88.2 Å². The number of aryl methyl sites for hydroxylation is 2. The van der Waals surface area contributed by atoms with E-state index in [9.17, 15) is 20.4 Å². The quantitative estimate of drug-likeness (QED) is 0.0381. The van der Waals surface area contributed by atoms with Crippen molar-refractivity contribution in [3.05, 3.63) is 69.8 Å². The van der Waals surface area contributed by atoms with Crippen molar-refractivity contribution in [1.29, 1.82) is 0 Å². The Morgan fingerprint density at radius 1 is 0.481 bits per heavy atom. The highest BCUT2D eigenvalue weighted by atomic mass is 31.2. The highest BCUT2D eigenvalue weighted by Crippen LogP contribution is 2.51. The molecule has 2 aromatic carbocycles. The van der Waals surface area contributed by atoms with Crippen molar-refractivity contribution in [2.75, 3.05) is 19.8 Å². The SMILES string of the molecule is CCCCCCCCCc1ccc(C(O)(c2ccc(CCCCCCCCC)cc2C(C)(C)C)C(CO)(CO)CO)c(C(C)(C)C)c1.OP(O)OP(O)O. The minimum Gasteiger partial charge on any atom is -0.395 e. The van der Waals surface area contributed by atoms with Crippen LogP contribution in [0.25, 0.3) is 0 Å². The van der Waals surface area contributed by atoms with Crippen molar-refractivity contribution in [2.45, 2.75) is 175 Å². The molecule has 0 aliphatic rings. The summed E-state index contributed by atoms with van der Waals surface area (Å²) in [4.78, 5) is 31.3. The van der Waals surface area contributed by atoms with Gasteiger partial charge >= 0.3 is 17.2 Å². The molecule has 11 heteroatoms. The number of rotatable bonds is 24. The predicted molar refractivity (Wildman–Crippen MR) is 224 cm³/mol. The molecule has 0 amide bonds. The van der Waals surface area contributed by atoms with E-state index in [-0.39, 0.29) is 10.8 Å². The summed E-state index contributed by atoms with van der Waals surface area (Å²) in [6.45, 7) is 15.7. The van der Waals surface area contributed by atoms with Crippen LogP contribution in [-0.4, -0.2) is 59.8 Å². The Labute approximate surface area is 330 Å². The monoisotopic (exact) mass is 798 g/mol. The summed E-state index contributed by atoms with van der Waals surface area (Å²) in [5.74, 6) is 0. The molecule has 0 radical (unpaired) electrons. The number of benzene rings is 2. The van der Waals surface area contributed by atoms with E-state index in [0.717, 1.165) is 36.8 Å². The second kappa shape index (κ2) is 25.3. The highest BCUT2D eigenvalue weighted by molar-refractivity contribution is 7.53. The van der Waals surface area contributed by atoms with Gasteiger partial charge in [-0.3, -0.25) is 0 Å². The molecular weight excluding hydrogens is 722 g/mol. The lowest BCUT2D eigenvalue weighted by Crippen LogP contribution is -2.55.